The standard InChI is InChI=1S/C17H24OS/c1-3-13(2)19-12-16(18)11-15-9-6-8-14-7-4-5-10-17(14)15/h4-5,7,10,13,15H,3,6,8-9,11-12H2,1-2H3. The Morgan fingerprint density at radius 3 is 3.00 bits per heavy atom. The molecule has 0 heterocycles. The van der Waals surface area contributed by atoms with Crippen molar-refractivity contribution in [1.82, 2.24) is 0 Å². The van der Waals surface area contributed by atoms with Crippen LogP contribution < -0.4 is 0 Å². The maximum atomic E-state index is 12.1. The molecule has 0 spiro atoms. The molecule has 0 radical (unpaired) electrons. The molecule has 0 saturated heterocycles. The van der Waals surface area contributed by atoms with Gasteiger partial charge < -0.3 is 0 Å². The van der Waals surface area contributed by atoms with Crippen molar-refractivity contribution in [3.8, 4) is 0 Å². The van der Waals surface area contributed by atoms with Crippen molar-refractivity contribution >= 4 is 17.5 Å². The zero-order valence-electron chi connectivity index (χ0n) is 12.0. The number of fused-ring (bicyclic) bond motifs is 1. The summed E-state index contributed by atoms with van der Waals surface area (Å²) in [7, 11) is 0. The first kappa shape index (κ1) is 14.6. The molecule has 2 atom stereocenters. The van der Waals surface area contributed by atoms with Gasteiger partial charge in [-0.2, -0.15) is 11.8 Å². The van der Waals surface area contributed by atoms with Crippen LogP contribution in [0.25, 0.3) is 0 Å². The third-order valence-corrected chi connectivity index (χ3v) is 5.46. The second kappa shape index (κ2) is 7.14. The van der Waals surface area contributed by atoms with E-state index in [-0.39, 0.29) is 0 Å². The summed E-state index contributed by atoms with van der Waals surface area (Å²) in [6.45, 7) is 4.38. The van der Waals surface area contributed by atoms with E-state index in [1.54, 1.807) is 11.8 Å². The predicted molar refractivity (Wildman–Crippen MR) is 84.0 cm³/mol. The Kier molecular flexibility index (Phi) is 5.50. The second-order valence-electron chi connectivity index (χ2n) is 5.56. The first-order valence-corrected chi connectivity index (χ1v) is 8.46. The van der Waals surface area contributed by atoms with Crippen LogP contribution >= 0.6 is 11.8 Å². The quantitative estimate of drug-likeness (QED) is 0.755. The molecule has 0 aliphatic heterocycles. The van der Waals surface area contributed by atoms with Crippen molar-refractivity contribution in [2.45, 2.75) is 57.1 Å². The zero-order chi connectivity index (χ0) is 13.7. The molecule has 1 nitrogen and oxygen atoms in total. The highest BCUT2D eigenvalue weighted by Crippen LogP contribution is 2.34. The zero-order valence-corrected chi connectivity index (χ0v) is 12.8. The summed E-state index contributed by atoms with van der Waals surface area (Å²) < 4.78 is 0. The minimum Gasteiger partial charge on any atom is -0.299 e. The number of hydrogen-bond acceptors (Lipinski definition) is 2. The van der Waals surface area contributed by atoms with Crippen molar-refractivity contribution in [3.63, 3.8) is 0 Å². The Balaban J connectivity index is 1.91. The molecule has 1 aromatic rings. The molecule has 0 N–H and O–H groups in total. The van der Waals surface area contributed by atoms with Crippen LogP contribution in [-0.2, 0) is 11.2 Å². The molecular weight excluding hydrogens is 252 g/mol. The summed E-state index contributed by atoms with van der Waals surface area (Å²) in [6, 6.07) is 8.66. The summed E-state index contributed by atoms with van der Waals surface area (Å²) in [5.74, 6) is 1.58. The number of aryl methyl sites for hydroxylation is 1. The van der Waals surface area contributed by atoms with Gasteiger partial charge in [0.2, 0.25) is 0 Å². The van der Waals surface area contributed by atoms with Gasteiger partial charge in [-0.15, -0.1) is 0 Å². The molecule has 104 valence electrons. The number of Topliss-reactive ketones (excluding diaryl/α,β-unsaturated/α-hetero) is 1. The summed E-state index contributed by atoms with van der Waals surface area (Å²) in [6.07, 6.45) is 5.47. The Hall–Kier alpha value is -0.760. The van der Waals surface area contributed by atoms with Crippen molar-refractivity contribution < 1.29 is 4.79 Å². The van der Waals surface area contributed by atoms with Crippen LogP contribution in [0.1, 0.15) is 56.6 Å². The van der Waals surface area contributed by atoms with Gasteiger partial charge in [0.15, 0.2) is 0 Å². The molecule has 1 aromatic carbocycles. The van der Waals surface area contributed by atoms with Gasteiger partial charge in [-0.25, -0.2) is 0 Å². The van der Waals surface area contributed by atoms with E-state index in [2.05, 4.69) is 38.1 Å². The van der Waals surface area contributed by atoms with E-state index in [0.717, 1.165) is 12.8 Å². The predicted octanol–water partition coefficient (Wildman–Crippen LogP) is 4.60. The number of ketones is 1. The van der Waals surface area contributed by atoms with E-state index in [9.17, 15) is 4.79 Å². The number of carbonyl (C=O) groups excluding carboxylic acids is 1. The molecule has 2 unspecified atom stereocenters. The average molecular weight is 276 g/mol. The van der Waals surface area contributed by atoms with Gasteiger partial charge in [0.25, 0.3) is 0 Å². The van der Waals surface area contributed by atoms with Gasteiger partial charge in [0.1, 0.15) is 5.78 Å². The highest BCUT2D eigenvalue weighted by Gasteiger charge is 2.22. The summed E-state index contributed by atoms with van der Waals surface area (Å²) in [5.41, 5.74) is 2.89. The Bertz CT molecular complexity index is 427. The van der Waals surface area contributed by atoms with Crippen molar-refractivity contribution in [2.75, 3.05) is 5.75 Å². The maximum absolute atomic E-state index is 12.1. The monoisotopic (exact) mass is 276 g/mol. The van der Waals surface area contributed by atoms with E-state index < -0.39 is 0 Å². The smallest absolute Gasteiger partial charge is 0.143 e. The number of rotatable bonds is 6. The molecule has 1 aliphatic carbocycles. The van der Waals surface area contributed by atoms with E-state index in [0.29, 0.717) is 22.7 Å². The SMILES string of the molecule is CCC(C)SCC(=O)CC1CCCc2ccccc21. The molecule has 0 fully saturated rings. The average Bonchev–Trinajstić information content (AvgIpc) is 2.45. The van der Waals surface area contributed by atoms with Crippen molar-refractivity contribution in [1.29, 1.82) is 0 Å². The molecular formula is C17H24OS. The molecule has 0 saturated carbocycles. The Morgan fingerprint density at radius 2 is 2.21 bits per heavy atom. The number of benzene rings is 1. The molecule has 0 bridgehead atoms. The molecule has 0 aromatic heterocycles. The van der Waals surface area contributed by atoms with Crippen molar-refractivity contribution in [2.24, 2.45) is 0 Å². The van der Waals surface area contributed by atoms with Gasteiger partial charge in [0, 0.05) is 11.7 Å². The van der Waals surface area contributed by atoms with Crippen LogP contribution in [0, 0.1) is 0 Å². The largest absolute Gasteiger partial charge is 0.299 e. The number of thioether (sulfide) groups is 1. The first-order chi connectivity index (χ1) is 9.20. The lowest BCUT2D eigenvalue weighted by molar-refractivity contribution is -0.117. The fraction of sp³-hybridized carbons (Fsp3) is 0.588. The minimum absolute atomic E-state index is 0.423. The highest BCUT2D eigenvalue weighted by molar-refractivity contribution is 8.00. The van der Waals surface area contributed by atoms with Crippen LogP contribution in [0.15, 0.2) is 24.3 Å². The van der Waals surface area contributed by atoms with Gasteiger partial charge in [-0.3, -0.25) is 4.79 Å². The first-order valence-electron chi connectivity index (χ1n) is 7.41. The summed E-state index contributed by atoms with van der Waals surface area (Å²) in [4.78, 5) is 12.1. The molecule has 19 heavy (non-hydrogen) atoms. The molecule has 0 amide bonds. The highest BCUT2D eigenvalue weighted by atomic mass is 32.2. The van der Waals surface area contributed by atoms with E-state index >= 15 is 0 Å². The summed E-state index contributed by atoms with van der Waals surface area (Å²) >= 11 is 1.80. The fourth-order valence-electron chi connectivity index (χ4n) is 2.75. The molecule has 1 aliphatic rings. The fourth-order valence-corrected chi connectivity index (χ4v) is 3.58. The van der Waals surface area contributed by atoms with Gasteiger partial charge in [0.05, 0.1) is 5.75 Å². The lowest BCUT2D eigenvalue weighted by Crippen LogP contribution is -2.15. The Labute approximate surface area is 121 Å². The summed E-state index contributed by atoms with van der Waals surface area (Å²) in [5, 5.41) is 0.600. The Morgan fingerprint density at radius 1 is 1.42 bits per heavy atom. The van der Waals surface area contributed by atoms with Crippen molar-refractivity contribution in [3.05, 3.63) is 35.4 Å². The van der Waals surface area contributed by atoms with Crippen LogP contribution in [0.5, 0.6) is 0 Å². The second-order valence-corrected chi connectivity index (χ2v) is 6.99. The van der Waals surface area contributed by atoms with Crippen LogP contribution in [-0.4, -0.2) is 16.8 Å². The van der Waals surface area contributed by atoms with E-state index in [1.807, 2.05) is 0 Å². The number of carbonyl (C=O) groups is 1. The van der Waals surface area contributed by atoms with Crippen LogP contribution in [0.4, 0.5) is 0 Å². The third-order valence-electron chi connectivity index (χ3n) is 4.07. The minimum atomic E-state index is 0.423. The van der Waals surface area contributed by atoms with Gasteiger partial charge >= 0.3 is 0 Å². The van der Waals surface area contributed by atoms with E-state index in [1.165, 1.54) is 30.4 Å². The molecule has 2 heteroatoms. The van der Waals surface area contributed by atoms with Gasteiger partial charge in [-0.05, 0) is 42.7 Å². The van der Waals surface area contributed by atoms with Gasteiger partial charge in [-0.1, -0.05) is 38.1 Å². The third kappa shape index (κ3) is 4.10. The van der Waals surface area contributed by atoms with Crippen LogP contribution in [0.3, 0.4) is 0 Å². The maximum Gasteiger partial charge on any atom is 0.143 e. The topological polar surface area (TPSA) is 17.1 Å². The van der Waals surface area contributed by atoms with E-state index in [4.69, 9.17) is 0 Å². The number of hydrogen-bond donors (Lipinski definition) is 0. The van der Waals surface area contributed by atoms with Crippen LogP contribution in [0.2, 0.25) is 0 Å². The molecule has 2 rings (SSSR count). The lowest BCUT2D eigenvalue weighted by atomic mass is 9.80. The lowest BCUT2D eigenvalue weighted by Gasteiger charge is -2.25. The normalized spacial score (nSPS) is 19.8.